The van der Waals surface area contributed by atoms with Gasteiger partial charge in [-0.15, -0.1) is 0 Å². The zero-order valence-electron chi connectivity index (χ0n) is 10.0. The average Bonchev–Trinajstić information content (AvgIpc) is 2.87. The van der Waals surface area contributed by atoms with Crippen LogP contribution in [0.1, 0.15) is 26.4 Å². The maximum Gasteiger partial charge on any atom is 0.302 e. The first-order valence-corrected chi connectivity index (χ1v) is 5.38. The number of hydroxylamine groups is 1. The standard InChI is InChI=1S/C12H11N3O4/c1-7-2-4-8(5-3-7)10(16)14-12-13-9(6-19-12)11(17)15-18/h2-6,18H,1H3,(H,15,17)(H,13,14,16). The lowest BCUT2D eigenvalue weighted by Gasteiger charge is -2.00. The largest absolute Gasteiger partial charge is 0.431 e. The monoisotopic (exact) mass is 261 g/mol. The van der Waals surface area contributed by atoms with E-state index in [0.29, 0.717) is 5.56 Å². The Morgan fingerprint density at radius 1 is 1.21 bits per heavy atom. The predicted octanol–water partition coefficient (Wildman–Crippen LogP) is 1.35. The summed E-state index contributed by atoms with van der Waals surface area (Å²) in [5.74, 6) is -1.22. The van der Waals surface area contributed by atoms with E-state index >= 15 is 0 Å². The molecule has 0 aliphatic rings. The van der Waals surface area contributed by atoms with Crippen LogP contribution in [0.5, 0.6) is 0 Å². The third kappa shape index (κ3) is 2.96. The number of aromatic nitrogens is 1. The van der Waals surface area contributed by atoms with Crippen molar-refractivity contribution in [2.24, 2.45) is 0 Å². The summed E-state index contributed by atoms with van der Waals surface area (Å²) in [5.41, 5.74) is 2.75. The Balaban J connectivity index is 2.08. The van der Waals surface area contributed by atoms with E-state index in [0.717, 1.165) is 11.8 Å². The van der Waals surface area contributed by atoms with Gasteiger partial charge in [-0.1, -0.05) is 17.7 Å². The molecule has 1 heterocycles. The molecule has 3 N–H and O–H groups in total. The molecule has 0 radical (unpaired) electrons. The molecule has 0 aliphatic heterocycles. The molecule has 2 rings (SSSR count). The summed E-state index contributed by atoms with van der Waals surface area (Å²) < 4.78 is 4.89. The SMILES string of the molecule is Cc1ccc(C(=O)Nc2nc(C(=O)NO)co2)cc1. The van der Waals surface area contributed by atoms with Crippen molar-refractivity contribution in [3.63, 3.8) is 0 Å². The number of benzene rings is 1. The van der Waals surface area contributed by atoms with Crippen molar-refractivity contribution < 1.29 is 19.2 Å². The van der Waals surface area contributed by atoms with Gasteiger partial charge in [-0.25, -0.2) is 5.48 Å². The van der Waals surface area contributed by atoms with Crippen LogP contribution in [0, 0.1) is 6.92 Å². The molecule has 0 fully saturated rings. The summed E-state index contributed by atoms with van der Waals surface area (Å²) >= 11 is 0. The number of rotatable bonds is 3. The number of carbonyl (C=O) groups excluding carboxylic acids is 2. The van der Waals surface area contributed by atoms with Crippen molar-refractivity contribution in [3.05, 3.63) is 47.3 Å². The smallest absolute Gasteiger partial charge is 0.302 e. The van der Waals surface area contributed by atoms with Crippen molar-refractivity contribution in [3.8, 4) is 0 Å². The minimum absolute atomic E-state index is 0.121. The topological polar surface area (TPSA) is 104 Å². The number of aryl methyl sites for hydroxylation is 1. The number of hydrogen-bond donors (Lipinski definition) is 3. The third-order valence-corrected chi connectivity index (χ3v) is 2.37. The third-order valence-electron chi connectivity index (χ3n) is 2.37. The lowest BCUT2D eigenvalue weighted by molar-refractivity contribution is 0.0700. The van der Waals surface area contributed by atoms with E-state index in [2.05, 4.69) is 10.3 Å². The number of hydrogen-bond acceptors (Lipinski definition) is 5. The van der Waals surface area contributed by atoms with Gasteiger partial charge in [0.05, 0.1) is 0 Å². The van der Waals surface area contributed by atoms with Crippen molar-refractivity contribution in [1.82, 2.24) is 10.5 Å². The molecular weight excluding hydrogens is 250 g/mol. The molecule has 7 nitrogen and oxygen atoms in total. The van der Waals surface area contributed by atoms with Crippen LogP contribution in [0.4, 0.5) is 6.01 Å². The second kappa shape index (κ2) is 5.32. The van der Waals surface area contributed by atoms with Gasteiger partial charge in [-0.05, 0) is 19.1 Å². The molecule has 0 spiro atoms. The Labute approximate surface area is 108 Å². The minimum Gasteiger partial charge on any atom is -0.431 e. The highest BCUT2D eigenvalue weighted by Crippen LogP contribution is 2.10. The molecule has 19 heavy (non-hydrogen) atoms. The molecule has 1 aromatic carbocycles. The van der Waals surface area contributed by atoms with Crippen LogP contribution in [0.2, 0.25) is 0 Å². The van der Waals surface area contributed by atoms with Gasteiger partial charge >= 0.3 is 6.01 Å². The van der Waals surface area contributed by atoms with Gasteiger partial charge in [0.1, 0.15) is 6.26 Å². The van der Waals surface area contributed by atoms with Crippen molar-refractivity contribution >= 4 is 17.8 Å². The molecule has 0 aliphatic carbocycles. The molecule has 7 heteroatoms. The number of amides is 2. The van der Waals surface area contributed by atoms with Gasteiger partial charge in [0.15, 0.2) is 5.69 Å². The first-order chi connectivity index (χ1) is 9.10. The molecular formula is C12H11N3O4. The zero-order chi connectivity index (χ0) is 13.8. The zero-order valence-corrected chi connectivity index (χ0v) is 10.0. The van der Waals surface area contributed by atoms with Crippen molar-refractivity contribution in [2.45, 2.75) is 6.92 Å². The van der Waals surface area contributed by atoms with Crippen LogP contribution in [-0.4, -0.2) is 22.0 Å². The number of anilines is 1. The minimum atomic E-state index is -0.820. The summed E-state index contributed by atoms with van der Waals surface area (Å²) in [4.78, 5) is 26.5. The van der Waals surface area contributed by atoms with Gasteiger partial charge in [0.2, 0.25) is 0 Å². The van der Waals surface area contributed by atoms with Gasteiger partial charge < -0.3 is 4.42 Å². The number of nitrogens with zero attached hydrogens (tertiary/aromatic N) is 1. The number of oxazole rings is 1. The average molecular weight is 261 g/mol. The van der Waals surface area contributed by atoms with Crippen LogP contribution in [0.25, 0.3) is 0 Å². The Hall–Kier alpha value is -2.67. The highest BCUT2D eigenvalue weighted by Gasteiger charge is 2.14. The first kappa shape index (κ1) is 12.8. The number of nitrogens with one attached hydrogen (secondary N) is 2. The lowest BCUT2D eigenvalue weighted by atomic mass is 10.1. The molecule has 0 saturated heterocycles. The van der Waals surface area contributed by atoms with E-state index in [1.165, 1.54) is 5.48 Å². The lowest BCUT2D eigenvalue weighted by Crippen LogP contribution is -2.19. The molecule has 1 aromatic heterocycles. The summed E-state index contributed by atoms with van der Waals surface area (Å²) in [6.45, 7) is 1.91. The van der Waals surface area contributed by atoms with E-state index in [1.807, 2.05) is 6.92 Å². The van der Waals surface area contributed by atoms with Crippen LogP contribution in [0.15, 0.2) is 34.9 Å². The quantitative estimate of drug-likeness (QED) is 0.571. The van der Waals surface area contributed by atoms with Gasteiger partial charge in [0, 0.05) is 5.56 Å². The van der Waals surface area contributed by atoms with E-state index in [9.17, 15) is 9.59 Å². The molecule has 2 aromatic rings. The highest BCUT2D eigenvalue weighted by molar-refractivity contribution is 6.03. The Morgan fingerprint density at radius 2 is 1.89 bits per heavy atom. The second-order valence-electron chi connectivity index (χ2n) is 3.80. The Morgan fingerprint density at radius 3 is 2.53 bits per heavy atom. The Kier molecular flexibility index (Phi) is 3.58. The van der Waals surface area contributed by atoms with Crippen molar-refractivity contribution in [2.75, 3.05) is 5.32 Å². The van der Waals surface area contributed by atoms with Crippen LogP contribution in [0.3, 0.4) is 0 Å². The molecule has 0 bridgehead atoms. The maximum atomic E-state index is 11.8. The van der Waals surface area contributed by atoms with Crippen LogP contribution >= 0.6 is 0 Å². The van der Waals surface area contributed by atoms with Crippen LogP contribution < -0.4 is 10.8 Å². The number of carbonyl (C=O) groups is 2. The normalized spacial score (nSPS) is 10.0. The maximum absolute atomic E-state index is 11.8. The fourth-order valence-corrected chi connectivity index (χ4v) is 1.37. The molecule has 0 unspecified atom stereocenters. The summed E-state index contributed by atoms with van der Waals surface area (Å²) in [5, 5.41) is 10.8. The van der Waals surface area contributed by atoms with Gasteiger partial charge in [-0.2, -0.15) is 4.98 Å². The molecule has 0 atom stereocenters. The Bertz CT molecular complexity index is 604. The molecule has 2 amide bonds. The van der Waals surface area contributed by atoms with Gasteiger partial charge in [-0.3, -0.25) is 20.1 Å². The van der Waals surface area contributed by atoms with E-state index in [1.54, 1.807) is 24.3 Å². The summed E-state index contributed by atoms with van der Waals surface area (Å²) in [7, 11) is 0. The molecule has 0 saturated carbocycles. The fraction of sp³-hybridized carbons (Fsp3) is 0.0833. The van der Waals surface area contributed by atoms with Crippen LogP contribution in [-0.2, 0) is 0 Å². The van der Waals surface area contributed by atoms with E-state index < -0.39 is 11.8 Å². The predicted molar refractivity (Wildman–Crippen MR) is 64.9 cm³/mol. The van der Waals surface area contributed by atoms with Crippen molar-refractivity contribution in [1.29, 1.82) is 0 Å². The van der Waals surface area contributed by atoms with Gasteiger partial charge in [0.25, 0.3) is 11.8 Å². The summed E-state index contributed by atoms with van der Waals surface area (Å²) in [6.07, 6.45) is 1.02. The first-order valence-electron chi connectivity index (χ1n) is 5.38. The molecule has 98 valence electrons. The van der Waals surface area contributed by atoms with E-state index in [4.69, 9.17) is 9.62 Å². The summed E-state index contributed by atoms with van der Waals surface area (Å²) in [6, 6.07) is 6.80. The fourth-order valence-electron chi connectivity index (χ4n) is 1.37. The second-order valence-corrected chi connectivity index (χ2v) is 3.80. The van der Waals surface area contributed by atoms with E-state index in [-0.39, 0.29) is 11.7 Å². The highest BCUT2D eigenvalue weighted by atomic mass is 16.5.